The van der Waals surface area contributed by atoms with Crippen molar-refractivity contribution in [1.82, 2.24) is 0 Å². The van der Waals surface area contributed by atoms with Crippen LogP contribution in [0.2, 0.25) is 0 Å². The van der Waals surface area contributed by atoms with Crippen LogP contribution < -0.4 is 10.5 Å². The summed E-state index contributed by atoms with van der Waals surface area (Å²) in [5.41, 5.74) is 5.81. The van der Waals surface area contributed by atoms with Crippen LogP contribution in [-0.4, -0.2) is 18.8 Å². The molecule has 0 spiro atoms. The standard InChI is InChI=1S/C10H12F3NO/c1-7-3-2-4-8(5-7)15-6-9(14)10(11,12)13/h2-5,9H,6,14H2,1H3. The summed E-state index contributed by atoms with van der Waals surface area (Å²) in [6.07, 6.45) is -4.41. The van der Waals surface area contributed by atoms with Gasteiger partial charge in [-0.3, -0.25) is 0 Å². The van der Waals surface area contributed by atoms with Crippen molar-refractivity contribution in [3.8, 4) is 5.75 Å². The van der Waals surface area contributed by atoms with Crippen molar-refractivity contribution in [1.29, 1.82) is 0 Å². The molecule has 0 radical (unpaired) electrons. The summed E-state index contributed by atoms with van der Waals surface area (Å²) < 4.78 is 41.0. The number of aryl methyl sites for hydroxylation is 1. The molecular weight excluding hydrogens is 207 g/mol. The summed E-state index contributed by atoms with van der Waals surface area (Å²) in [6.45, 7) is 1.27. The molecule has 0 aromatic heterocycles. The molecule has 0 amide bonds. The average molecular weight is 219 g/mol. The van der Waals surface area contributed by atoms with Crippen LogP contribution >= 0.6 is 0 Å². The van der Waals surface area contributed by atoms with Crippen LogP contribution in [0.1, 0.15) is 5.56 Å². The quantitative estimate of drug-likeness (QED) is 0.846. The molecule has 1 aromatic carbocycles. The minimum Gasteiger partial charge on any atom is -0.492 e. The van der Waals surface area contributed by atoms with Gasteiger partial charge in [-0.1, -0.05) is 12.1 Å². The van der Waals surface area contributed by atoms with E-state index in [0.717, 1.165) is 5.56 Å². The average Bonchev–Trinajstić information content (AvgIpc) is 2.12. The second-order valence-corrected chi connectivity index (χ2v) is 3.28. The van der Waals surface area contributed by atoms with Gasteiger partial charge in [-0.25, -0.2) is 0 Å². The van der Waals surface area contributed by atoms with Crippen LogP contribution in [-0.2, 0) is 0 Å². The first-order valence-corrected chi connectivity index (χ1v) is 4.41. The van der Waals surface area contributed by atoms with Gasteiger partial charge in [0.2, 0.25) is 0 Å². The maximum absolute atomic E-state index is 12.0. The van der Waals surface area contributed by atoms with Crippen molar-refractivity contribution < 1.29 is 17.9 Å². The molecule has 15 heavy (non-hydrogen) atoms. The number of benzene rings is 1. The molecule has 0 aliphatic carbocycles. The van der Waals surface area contributed by atoms with E-state index in [1.807, 2.05) is 13.0 Å². The second-order valence-electron chi connectivity index (χ2n) is 3.28. The van der Waals surface area contributed by atoms with E-state index in [4.69, 9.17) is 10.5 Å². The third kappa shape index (κ3) is 3.79. The second kappa shape index (κ2) is 4.53. The molecule has 0 aliphatic heterocycles. The van der Waals surface area contributed by atoms with Crippen molar-refractivity contribution >= 4 is 0 Å². The molecule has 1 unspecified atom stereocenters. The SMILES string of the molecule is Cc1cccc(OCC(N)C(F)(F)F)c1. The summed E-state index contributed by atoms with van der Waals surface area (Å²) >= 11 is 0. The third-order valence-electron chi connectivity index (χ3n) is 1.84. The first kappa shape index (κ1) is 11.8. The molecule has 2 N–H and O–H groups in total. The lowest BCUT2D eigenvalue weighted by Crippen LogP contribution is -2.42. The highest BCUT2D eigenvalue weighted by Crippen LogP contribution is 2.20. The van der Waals surface area contributed by atoms with Crippen molar-refractivity contribution in [2.24, 2.45) is 5.73 Å². The topological polar surface area (TPSA) is 35.2 Å². The van der Waals surface area contributed by atoms with Gasteiger partial charge in [-0.15, -0.1) is 0 Å². The summed E-state index contributed by atoms with van der Waals surface area (Å²) in [5.74, 6) is 0.398. The van der Waals surface area contributed by atoms with E-state index in [-0.39, 0.29) is 0 Å². The van der Waals surface area contributed by atoms with Gasteiger partial charge >= 0.3 is 6.18 Å². The lowest BCUT2D eigenvalue weighted by Gasteiger charge is -2.16. The Balaban J connectivity index is 2.51. The predicted molar refractivity (Wildman–Crippen MR) is 50.7 cm³/mol. The van der Waals surface area contributed by atoms with E-state index in [1.165, 1.54) is 0 Å². The van der Waals surface area contributed by atoms with Gasteiger partial charge in [0.25, 0.3) is 0 Å². The van der Waals surface area contributed by atoms with E-state index in [0.29, 0.717) is 5.75 Å². The van der Waals surface area contributed by atoms with E-state index >= 15 is 0 Å². The Morgan fingerprint density at radius 1 is 1.40 bits per heavy atom. The molecule has 1 aromatic rings. The van der Waals surface area contributed by atoms with Gasteiger partial charge in [0.05, 0.1) is 0 Å². The Bertz CT molecular complexity index is 325. The molecule has 1 rings (SSSR count). The predicted octanol–water partition coefficient (Wildman–Crippen LogP) is 2.26. The fourth-order valence-electron chi connectivity index (χ4n) is 0.986. The minimum atomic E-state index is -4.41. The highest BCUT2D eigenvalue weighted by Gasteiger charge is 2.37. The van der Waals surface area contributed by atoms with E-state index in [1.54, 1.807) is 18.2 Å². The van der Waals surface area contributed by atoms with E-state index < -0.39 is 18.8 Å². The molecular formula is C10H12F3NO. The van der Waals surface area contributed by atoms with Crippen LogP contribution in [0.5, 0.6) is 5.75 Å². The lowest BCUT2D eigenvalue weighted by molar-refractivity contribution is -0.153. The molecule has 0 aliphatic rings. The first-order valence-electron chi connectivity index (χ1n) is 4.41. The Labute approximate surface area is 85.8 Å². The highest BCUT2D eigenvalue weighted by molar-refractivity contribution is 5.27. The Hall–Kier alpha value is -1.23. The number of hydrogen-bond donors (Lipinski definition) is 1. The zero-order chi connectivity index (χ0) is 11.5. The number of hydrogen-bond acceptors (Lipinski definition) is 2. The maximum atomic E-state index is 12.0. The Morgan fingerprint density at radius 3 is 2.60 bits per heavy atom. The largest absolute Gasteiger partial charge is 0.492 e. The van der Waals surface area contributed by atoms with Crippen molar-refractivity contribution in [2.75, 3.05) is 6.61 Å². The molecule has 0 bridgehead atoms. The molecule has 0 heterocycles. The Morgan fingerprint density at radius 2 is 2.07 bits per heavy atom. The number of ether oxygens (including phenoxy) is 1. The number of halogens is 3. The lowest BCUT2D eigenvalue weighted by atomic mass is 10.2. The van der Waals surface area contributed by atoms with Gasteiger partial charge in [-0.2, -0.15) is 13.2 Å². The van der Waals surface area contributed by atoms with Gasteiger partial charge in [0.15, 0.2) is 0 Å². The van der Waals surface area contributed by atoms with Crippen molar-refractivity contribution in [3.05, 3.63) is 29.8 Å². The van der Waals surface area contributed by atoms with E-state index in [9.17, 15) is 13.2 Å². The maximum Gasteiger partial charge on any atom is 0.406 e. The fraction of sp³-hybridized carbons (Fsp3) is 0.400. The van der Waals surface area contributed by atoms with Crippen LogP contribution in [0.4, 0.5) is 13.2 Å². The zero-order valence-electron chi connectivity index (χ0n) is 8.21. The first-order chi connectivity index (χ1) is 6.89. The number of nitrogens with two attached hydrogens (primary N) is 1. The summed E-state index contributed by atoms with van der Waals surface area (Å²) in [5, 5.41) is 0. The normalized spacial score (nSPS) is 13.7. The molecule has 5 heteroatoms. The minimum absolute atomic E-state index is 0.398. The molecule has 0 saturated carbocycles. The smallest absolute Gasteiger partial charge is 0.406 e. The van der Waals surface area contributed by atoms with Crippen LogP contribution in [0.3, 0.4) is 0 Å². The zero-order valence-corrected chi connectivity index (χ0v) is 8.21. The molecule has 2 nitrogen and oxygen atoms in total. The molecule has 84 valence electrons. The van der Waals surface area contributed by atoms with Crippen LogP contribution in [0.15, 0.2) is 24.3 Å². The molecule has 0 fully saturated rings. The third-order valence-corrected chi connectivity index (χ3v) is 1.84. The van der Waals surface area contributed by atoms with Crippen LogP contribution in [0.25, 0.3) is 0 Å². The highest BCUT2D eigenvalue weighted by atomic mass is 19.4. The molecule has 0 saturated heterocycles. The van der Waals surface area contributed by atoms with Gasteiger partial charge in [0.1, 0.15) is 18.4 Å². The number of rotatable bonds is 3. The Kier molecular flexibility index (Phi) is 3.57. The van der Waals surface area contributed by atoms with Crippen molar-refractivity contribution in [2.45, 2.75) is 19.1 Å². The molecule has 1 atom stereocenters. The van der Waals surface area contributed by atoms with Crippen molar-refractivity contribution in [3.63, 3.8) is 0 Å². The van der Waals surface area contributed by atoms with Gasteiger partial charge in [0, 0.05) is 0 Å². The fourth-order valence-corrected chi connectivity index (χ4v) is 0.986. The van der Waals surface area contributed by atoms with Gasteiger partial charge < -0.3 is 10.5 Å². The summed E-state index contributed by atoms with van der Waals surface area (Å²) in [6, 6.07) is 4.84. The summed E-state index contributed by atoms with van der Waals surface area (Å²) in [4.78, 5) is 0. The van der Waals surface area contributed by atoms with E-state index in [2.05, 4.69) is 0 Å². The monoisotopic (exact) mass is 219 g/mol. The van der Waals surface area contributed by atoms with Gasteiger partial charge in [-0.05, 0) is 24.6 Å². The number of alkyl halides is 3. The van der Waals surface area contributed by atoms with Crippen LogP contribution in [0, 0.1) is 6.92 Å². The summed E-state index contributed by atoms with van der Waals surface area (Å²) in [7, 11) is 0.